The second-order valence-corrected chi connectivity index (χ2v) is 4.47. The molecule has 0 saturated heterocycles. The Morgan fingerprint density at radius 2 is 1.88 bits per heavy atom. The van der Waals surface area contributed by atoms with Gasteiger partial charge in [0.05, 0.1) is 11.2 Å². The molecule has 16 heavy (non-hydrogen) atoms. The molecule has 0 bridgehead atoms. The Bertz CT molecular complexity index is 352. The van der Waals surface area contributed by atoms with Gasteiger partial charge in [-0.05, 0) is 44.4 Å². The van der Waals surface area contributed by atoms with E-state index in [1.165, 1.54) is 0 Å². The first-order chi connectivity index (χ1) is 7.44. The van der Waals surface area contributed by atoms with Crippen LogP contribution in [0.15, 0.2) is 24.3 Å². The van der Waals surface area contributed by atoms with E-state index in [2.05, 4.69) is 0 Å². The predicted molar refractivity (Wildman–Crippen MR) is 62.8 cm³/mol. The number of carboxylic acid groups (broad SMARTS) is 1. The maximum absolute atomic E-state index is 10.7. The average molecular weight is 222 g/mol. The van der Waals surface area contributed by atoms with E-state index >= 15 is 0 Å². The molecule has 0 aromatic heterocycles. The Hall–Kier alpha value is -1.35. The summed E-state index contributed by atoms with van der Waals surface area (Å²) in [6.45, 7) is 4.08. The number of rotatable bonds is 5. The molecule has 88 valence electrons. The van der Waals surface area contributed by atoms with E-state index in [0.717, 1.165) is 18.4 Å². The molecule has 0 saturated carbocycles. The van der Waals surface area contributed by atoms with Crippen LogP contribution in [0, 0.1) is 0 Å². The van der Waals surface area contributed by atoms with Crippen LogP contribution >= 0.6 is 0 Å². The molecular formula is C13H18O3. The molecule has 0 radical (unpaired) electrons. The molecular weight excluding hydrogens is 204 g/mol. The summed E-state index contributed by atoms with van der Waals surface area (Å²) in [7, 11) is 1.70. The number of carboxylic acids is 1. The second kappa shape index (κ2) is 5.12. The van der Waals surface area contributed by atoms with Gasteiger partial charge < -0.3 is 9.84 Å². The van der Waals surface area contributed by atoms with Gasteiger partial charge in [-0.25, -0.2) is 4.79 Å². The van der Waals surface area contributed by atoms with E-state index in [9.17, 15) is 4.79 Å². The van der Waals surface area contributed by atoms with Gasteiger partial charge in [0.2, 0.25) is 0 Å². The highest BCUT2D eigenvalue weighted by molar-refractivity contribution is 5.87. The van der Waals surface area contributed by atoms with Gasteiger partial charge in [0, 0.05) is 7.11 Å². The molecule has 1 rings (SSSR count). The fourth-order valence-electron chi connectivity index (χ4n) is 1.36. The van der Waals surface area contributed by atoms with Crippen LogP contribution in [0.2, 0.25) is 0 Å². The number of hydrogen-bond donors (Lipinski definition) is 1. The van der Waals surface area contributed by atoms with Gasteiger partial charge >= 0.3 is 5.97 Å². The van der Waals surface area contributed by atoms with Crippen molar-refractivity contribution in [3.63, 3.8) is 0 Å². The molecule has 0 spiro atoms. The Kier molecular flexibility index (Phi) is 4.07. The second-order valence-electron chi connectivity index (χ2n) is 4.47. The zero-order valence-corrected chi connectivity index (χ0v) is 9.99. The highest BCUT2D eigenvalue weighted by Gasteiger charge is 2.15. The largest absolute Gasteiger partial charge is 0.478 e. The fraction of sp³-hybridized carbons (Fsp3) is 0.462. The van der Waals surface area contributed by atoms with E-state index in [0.29, 0.717) is 5.56 Å². The van der Waals surface area contributed by atoms with Crippen LogP contribution in [-0.4, -0.2) is 23.8 Å². The van der Waals surface area contributed by atoms with Crippen LogP contribution in [0.25, 0.3) is 0 Å². The minimum absolute atomic E-state index is 0.133. The van der Waals surface area contributed by atoms with E-state index in [1.807, 2.05) is 26.0 Å². The summed E-state index contributed by atoms with van der Waals surface area (Å²) in [4.78, 5) is 10.7. The smallest absolute Gasteiger partial charge is 0.335 e. The minimum atomic E-state index is -0.885. The summed E-state index contributed by atoms with van der Waals surface area (Å²) in [5.41, 5.74) is 1.33. The number of carbonyl (C=O) groups is 1. The van der Waals surface area contributed by atoms with Gasteiger partial charge in [-0.2, -0.15) is 0 Å². The number of benzene rings is 1. The maximum Gasteiger partial charge on any atom is 0.335 e. The topological polar surface area (TPSA) is 46.5 Å². The maximum atomic E-state index is 10.7. The lowest BCUT2D eigenvalue weighted by molar-refractivity contribution is 0.0158. The summed E-state index contributed by atoms with van der Waals surface area (Å²) in [6.07, 6.45) is 1.80. The van der Waals surface area contributed by atoms with Gasteiger partial charge in [-0.1, -0.05) is 12.1 Å². The van der Waals surface area contributed by atoms with Crippen molar-refractivity contribution in [2.45, 2.75) is 32.3 Å². The quantitative estimate of drug-likeness (QED) is 0.833. The molecule has 0 unspecified atom stereocenters. The van der Waals surface area contributed by atoms with Crippen molar-refractivity contribution in [1.29, 1.82) is 0 Å². The van der Waals surface area contributed by atoms with Crippen LogP contribution in [0.1, 0.15) is 36.2 Å². The van der Waals surface area contributed by atoms with E-state index < -0.39 is 5.97 Å². The Morgan fingerprint density at radius 1 is 1.31 bits per heavy atom. The van der Waals surface area contributed by atoms with Crippen molar-refractivity contribution in [2.75, 3.05) is 7.11 Å². The molecule has 0 aliphatic rings. The van der Waals surface area contributed by atoms with Crippen molar-refractivity contribution >= 4 is 5.97 Å². The summed E-state index contributed by atoms with van der Waals surface area (Å²) in [6, 6.07) is 6.99. The molecule has 3 heteroatoms. The molecule has 1 aromatic rings. The Morgan fingerprint density at radius 3 is 2.31 bits per heavy atom. The molecule has 0 atom stereocenters. The zero-order chi connectivity index (χ0) is 12.2. The third-order valence-corrected chi connectivity index (χ3v) is 2.77. The highest BCUT2D eigenvalue weighted by Crippen LogP contribution is 2.17. The molecule has 0 aliphatic heterocycles. The van der Waals surface area contributed by atoms with Crippen LogP contribution < -0.4 is 0 Å². The lowest BCUT2D eigenvalue weighted by atomic mass is 9.98. The lowest BCUT2D eigenvalue weighted by Gasteiger charge is -2.22. The van der Waals surface area contributed by atoms with Gasteiger partial charge in [-0.15, -0.1) is 0 Å². The van der Waals surface area contributed by atoms with Crippen molar-refractivity contribution < 1.29 is 14.6 Å². The summed E-state index contributed by atoms with van der Waals surface area (Å²) in [5.74, 6) is -0.885. The zero-order valence-electron chi connectivity index (χ0n) is 9.99. The highest BCUT2D eigenvalue weighted by atomic mass is 16.5. The van der Waals surface area contributed by atoms with E-state index in [-0.39, 0.29) is 5.60 Å². The Labute approximate surface area is 96.1 Å². The average Bonchev–Trinajstić information content (AvgIpc) is 2.27. The van der Waals surface area contributed by atoms with Gasteiger partial charge in [0.1, 0.15) is 0 Å². The first kappa shape index (κ1) is 12.7. The fourth-order valence-corrected chi connectivity index (χ4v) is 1.36. The predicted octanol–water partition coefficient (Wildman–Crippen LogP) is 2.74. The van der Waals surface area contributed by atoms with Gasteiger partial charge in [0.25, 0.3) is 0 Å². The lowest BCUT2D eigenvalue weighted by Crippen LogP contribution is -2.22. The summed E-state index contributed by atoms with van der Waals surface area (Å²) >= 11 is 0. The number of methoxy groups -OCH3 is 1. The molecule has 0 aliphatic carbocycles. The number of hydrogen-bond acceptors (Lipinski definition) is 2. The van der Waals surface area contributed by atoms with Crippen molar-refractivity contribution in [2.24, 2.45) is 0 Å². The van der Waals surface area contributed by atoms with Crippen molar-refractivity contribution in [3.8, 4) is 0 Å². The van der Waals surface area contributed by atoms with Crippen LogP contribution in [-0.2, 0) is 11.2 Å². The van der Waals surface area contributed by atoms with Crippen LogP contribution in [0.4, 0.5) is 0 Å². The summed E-state index contributed by atoms with van der Waals surface area (Å²) in [5, 5.41) is 8.75. The molecule has 1 aromatic carbocycles. The first-order valence-electron chi connectivity index (χ1n) is 5.32. The normalized spacial score (nSPS) is 11.4. The molecule has 0 fully saturated rings. The first-order valence-corrected chi connectivity index (χ1v) is 5.32. The number of aromatic carboxylic acids is 1. The third kappa shape index (κ3) is 3.66. The van der Waals surface area contributed by atoms with Crippen molar-refractivity contribution in [3.05, 3.63) is 35.4 Å². The van der Waals surface area contributed by atoms with E-state index in [4.69, 9.17) is 9.84 Å². The SMILES string of the molecule is COC(C)(C)CCc1ccc(C(=O)O)cc1. The summed E-state index contributed by atoms with van der Waals surface area (Å²) < 4.78 is 5.33. The molecule has 3 nitrogen and oxygen atoms in total. The molecule has 0 heterocycles. The number of ether oxygens (including phenoxy) is 1. The van der Waals surface area contributed by atoms with Gasteiger partial charge in [-0.3, -0.25) is 0 Å². The molecule has 1 N–H and O–H groups in total. The standard InChI is InChI=1S/C13H18O3/c1-13(2,16-3)9-8-10-4-6-11(7-5-10)12(14)15/h4-7H,8-9H2,1-3H3,(H,14,15). The monoisotopic (exact) mass is 222 g/mol. The Balaban J connectivity index is 2.59. The minimum Gasteiger partial charge on any atom is -0.478 e. The van der Waals surface area contributed by atoms with Gasteiger partial charge in [0.15, 0.2) is 0 Å². The third-order valence-electron chi connectivity index (χ3n) is 2.77. The van der Waals surface area contributed by atoms with Crippen LogP contribution in [0.5, 0.6) is 0 Å². The number of aryl methyl sites for hydroxylation is 1. The van der Waals surface area contributed by atoms with Crippen molar-refractivity contribution in [1.82, 2.24) is 0 Å². The van der Waals surface area contributed by atoms with E-state index in [1.54, 1.807) is 19.2 Å². The molecule has 0 amide bonds. The van der Waals surface area contributed by atoms with Crippen LogP contribution in [0.3, 0.4) is 0 Å².